The monoisotopic (exact) mass is 505 g/mol. The first-order valence-electron chi connectivity index (χ1n) is 13.2. The predicted molar refractivity (Wildman–Crippen MR) is 130 cm³/mol. The molecule has 1 aromatic carbocycles. The molecule has 192 valence electrons. The van der Waals surface area contributed by atoms with Crippen molar-refractivity contribution < 1.29 is 27.1 Å². The molecular weight excluding hydrogens is 469 g/mol. The standard InChI is InChI=1S/C27H36FNO5S/c1-33-21-4-5-29(14-21)35(31,32)15-25(30)23-9-22(20-2-3-20)26(10-24(23)28)34-16-27-11-17-6-18(12-27)8-19(7-17)13-27/h9-10,17-21H,2-8,11-16H2,1H3/t17?,18?,19?,21-,27?/m1/s1. The van der Waals surface area contributed by atoms with Crippen LogP contribution in [0.4, 0.5) is 4.39 Å². The molecule has 1 heterocycles. The van der Waals surface area contributed by atoms with Gasteiger partial charge >= 0.3 is 0 Å². The number of carbonyl (C=O) groups excluding carboxylic acids is 1. The summed E-state index contributed by atoms with van der Waals surface area (Å²) in [4.78, 5) is 13.0. The number of hydrogen-bond donors (Lipinski definition) is 0. The second kappa shape index (κ2) is 8.80. The molecule has 1 atom stereocenters. The van der Waals surface area contributed by atoms with Gasteiger partial charge < -0.3 is 9.47 Å². The fraction of sp³-hybridized carbons (Fsp3) is 0.741. The van der Waals surface area contributed by atoms with E-state index in [4.69, 9.17) is 9.47 Å². The molecule has 0 unspecified atom stereocenters. The van der Waals surface area contributed by atoms with Crippen molar-refractivity contribution in [1.29, 1.82) is 0 Å². The number of Topliss-reactive ketones (excluding diaryl/α,β-unsaturated/α-hetero) is 1. The van der Waals surface area contributed by atoms with Gasteiger partial charge in [0.25, 0.3) is 0 Å². The molecule has 0 N–H and O–H groups in total. The van der Waals surface area contributed by atoms with E-state index in [2.05, 4.69) is 0 Å². The molecule has 6 fully saturated rings. The van der Waals surface area contributed by atoms with Crippen molar-refractivity contribution in [3.8, 4) is 5.75 Å². The van der Waals surface area contributed by atoms with E-state index in [1.54, 1.807) is 13.2 Å². The highest BCUT2D eigenvalue weighted by Crippen LogP contribution is 2.60. The van der Waals surface area contributed by atoms with Crippen LogP contribution >= 0.6 is 0 Å². The maximum atomic E-state index is 15.2. The molecule has 35 heavy (non-hydrogen) atoms. The average molecular weight is 506 g/mol. The number of hydrogen-bond acceptors (Lipinski definition) is 5. The van der Waals surface area contributed by atoms with E-state index in [1.807, 2.05) is 0 Å². The van der Waals surface area contributed by atoms with E-state index >= 15 is 4.39 Å². The molecule has 6 aliphatic rings. The number of methoxy groups -OCH3 is 1. The molecule has 7 rings (SSSR count). The van der Waals surface area contributed by atoms with Gasteiger partial charge in [-0.15, -0.1) is 0 Å². The minimum absolute atomic E-state index is 0.139. The van der Waals surface area contributed by atoms with Crippen LogP contribution in [0.1, 0.15) is 79.6 Å². The number of sulfonamides is 1. The van der Waals surface area contributed by atoms with Gasteiger partial charge in [-0.1, -0.05) is 0 Å². The Labute approximate surface area is 207 Å². The van der Waals surface area contributed by atoms with Crippen molar-refractivity contribution in [2.75, 3.05) is 32.6 Å². The number of carbonyl (C=O) groups is 1. The summed E-state index contributed by atoms with van der Waals surface area (Å²) in [5.74, 6) is 1.15. The highest BCUT2D eigenvalue weighted by molar-refractivity contribution is 7.89. The lowest BCUT2D eigenvalue weighted by molar-refractivity contribution is -0.0747. The molecule has 1 saturated heterocycles. The van der Waals surface area contributed by atoms with Crippen LogP contribution in [0.25, 0.3) is 0 Å². The van der Waals surface area contributed by atoms with Crippen LogP contribution in [0.5, 0.6) is 5.75 Å². The fourth-order valence-electron chi connectivity index (χ4n) is 7.80. The Hall–Kier alpha value is -1.51. The summed E-state index contributed by atoms with van der Waals surface area (Å²) < 4.78 is 53.7. The summed E-state index contributed by atoms with van der Waals surface area (Å²) >= 11 is 0. The van der Waals surface area contributed by atoms with Crippen LogP contribution in [-0.4, -0.2) is 57.2 Å². The number of ether oxygens (including phenoxy) is 2. The number of benzene rings is 1. The maximum Gasteiger partial charge on any atom is 0.221 e. The Bertz CT molecular complexity index is 1080. The van der Waals surface area contributed by atoms with Crippen molar-refractivity contribution in [3.05, 3.63) is 29.1 Å². The Morgan fingerprint density at radius 3 is 2.31 bits per heavy atom. The van der Waals surface area contributed by atoms with E-state index < -0.39 is 27.4 Å². The number of halogens is 1. The molecule has 1 aromatic rings. The first-order chi connectivity index (χ1) is 16.7. The molecular formula is C27H36FNO5S. The summed E-state index contributed by atoms with van der Waals surface area (Å²) in [6, 6.07) is 2.91. The minimum Gasteiger partial charge on any atom is -0.493 e. The van der Waals surface area contributed by atoms with Gasteiger partial charge in [0.15, 0.2) is 5.78 Å². The van der Waals surface area contributed by atoms with E-state index in [9.17, 15) is 13.2 Å². The van der Waals surface area contributed by atoms with Crippen LogP contribution in [0, 0.1) is 29.0 Å². The molecule has 5 saturated carbocycles. The van der Waals surface area contributed by atoms with Gasteiger partial charge in [0.2, 0.25) is 10.0 Å². The second-order valence-electron chi connectivity index (χ2n) is 12.0. The quantitative estimate of drug-likeness (QED) is 0.461. The highest BCUT2D eigenvalue weighted by Gasteiger charge is 2.51. The third kappa shape index (κ3) is 4.66. The Kier molecular flexibility index (Phi) is 6.00. The van der Waals surface area contributed by atoms with E-state index in [0.29, 0.717) is 25.3 Å². The van der Waals surface area contributed by atoms with Gasteiger partial charge in [-0.25, -0.2) is 12.8 Å². The van der Waals surface area contributed by atoms with Crippen LogP contribution in [-0.2, 0) is 14.8 Å². The van der Waals surface area contributed by atoms with Gasteiger partial charge in [-0.05, 0) is 93.1 Å². The average Bonchev–Trinajstić information content (AvgIpc) is 3.51. The molecule has 0 radical (unpaired) electrons. The van der Waals surface area contributed by atoms with E-state index in [0.717, 1.165) is 36.2 Å². The van der Waals surface area contributed by atoms with Gasteiger partial charge in [-0.3, -0.25) is 4.79 Å². The summed E-state index contributed by atoms with van der Waals surface area (Å²) in [7, 11) is -2.28. The number of ketones is 1. The zero-order valence-electron chi connectivity index (χ0n) is 20.5. The topological polar surface area (TPSA) is 72.9 Å². The minimum atomic E-state index is -3.83. The maximum absolute atomic E-state index is 15.2. The van der Waals surface area contributed by atoms with Crippen LogP contribution in [0.3, 0.4) is 0 Å². The van der Waals surface area contributed by atoms with Gasteiger partial charge in [0.05, 0.1) is 18.3 Å². The largest absolute Gasteiger partial charge is 0.493 e. The molecule has 8 heteroatoms. The Morgan fingerprint density at radius 2 is 1.74 bits per heavy atom. The molecule has 4 bridgehead atoms. The summed E-state index contributed by atoms with van der Waals surface area (Å²) in [5, 5.41) is 0. The van der Waals surface area contributed by atoms with Crippen LogP contribution in [0.15, 0.2) is 12.1 Å². The fourth-order valence-corrected chi connectivity index (χ4v) is 9.25. The smallest absolute Gasteiger partial charge is 0.221 e. The first kappa shape index (κ1) is 23.9. The van der Waals surface area contributed by atoms with Gasteiger partial charge in [0.1, 0.15) is 17.3 Å². The zero-order valence-corrected chi connectivity index (χ0v) is 21.3. The van der Waals surface area contributed by atoms with Crippen LogP contribution < -0.4 is 4.74 Å². The molecule has 0 amide bonds. The third-order valence-electron chi connectivity index (χ3n) is 9.26. The van der Waals surface area contributed by atoms with Crippen molar-refractivity contribution in [2.24, 2.45) is 23.2 Å². The number of nitrogens with zero attached hydrogens (tertiary/aromatic N) is 1. The van der Waals surface area contributed by atoms with E-state index in [-0.39, 0.29) is 29.5 Å². The van der Waals surface area contributed by atoms with E-state index in [1.165, 1.54) is 48.9 Å². The lowest BCUT2D eigenvalue weighted by Crippen LogP contribution is -2.48. The Balaban J connectivity index is 1.18. The zero-order chi connectivity index (χ0) is 24.4. The van der Waals surface area contributed by atoms with Crippen molar-refractivity contribution in [3.63, 3.8) is 0 Å². The first-order valence-corrected chi connectivity index (χ1v) is 14.8. The normalized spacial score (nSPS) is 34.5. The summed E-state index contributed by atoms with van der Waals surface area (Å²) in [6.07, 6.45) is 10.1. The lowest BCUT2D eigenvalue weighted by Gasteiger charge is -2.56. The number of rotatable bonds is 9. The lowest BCUT2D eigenvalue weighted by atomic mass is 9.50. The third-order valence-corrected chi connectivity index (χ3v) is 11.0. The van der Waals surface area contributed by atoms with Crippen molar-refractivity contribution in [2.45, 2.75) is 69.8 Å². The highest BCUT2D eigenvalue weighted by atomic mass is 32.2. The molecule has 0 aromatic heterocycles. The molecule has 1 aliphatic heterocycles. The summed E-state index contributed by atoms with van der Waals surface area (Å²) in [5.41, 5.74) is 0.933. The van der Waals surface area contributed by atoms with Crippen LogP contribution in [0.2, 0.25) is 0 Å². The SMILES string of the molecule is CO[C@@H]1CCN(S(=O)(=O)CC(=O)c2cc(C3CC3)c(OCC34CC5CC(CC(C5)C3)C4)cc2F)C1. The second-order valence-corrected chi connectivity index (χ2v) is 14.0. The predicted octanol–water partition coefficient (Wildman–Crippen LogP) is 4.53. The Morgan fingerprint density at radius 1 is 1.09 bits per heavy atom. The summed E-state index contributed by atoms with van der Waals surface area (Å²) in [6.45, 7) is 1.17. The van der Waals surface area contributed by atoms with Gasteiger partial charge in [0, 0.05) is 31.7 Å². The molecule has 5 aliphatic carbocycles. The molecule has 6 nitrogen and oxygen atoms in total. The van der Waals surface area contributed by atoms with Crippen molar-refractivity contribution in [1.82, 2.24) is 4.31 Å². The van der Waals surface area contributed by atoms with Crippen molar-refractivity contribution >= 4 is 15.8 Å². The van der Waals surface area contributed by atoms with Gasteiger partial charge in [-0.2, -0.15) is 4.31 Å². The molecule has 0 spiro atoms.